The van der Waals surface area contributed by atoms with Crippen molar-refractivity contribution >= 4 is 5.91 Å². The van der Waals surface area contributed by atoms with E-state index in [0.717, 1.165) is 35.3 Å². The van der Waals surface area contributed by atoms with Crippen LogP contribution >= 0.6 is 0 Å². The molecule has 1 N–H and O–H groups in total. The molecule has 0 aliphatic heterocycles. The predicted octanol–water partition coefficient (Wildman–Crippen LogP) is 2.03. The lowest BCUT2D eigenvalue weighted by Gasteiger charge is -2.08. The lowest BCUT2D eigenvalue weighted by atomic mass is 10.1. The van der Waals surface area contributed by atoms with Crippen LogP contribution in [-0.2, 0) is 24.7 Å². The molecule has 2 aromatic rings. The summed E-state index contributed by atoms with van der Waals surface area (Å²) in [6.07, 6.45) is 5.74. The summed E-state index contributed by atoms with van der Waals surface area (Å²) in [6.45, 7) is 2.65. The Hall–Kier alpha value is -2.30. The molecule has 0 saturated heterocycles. The topological polar surface area (TPSA) is 56.1 Å². The van der Waals surface area contributed by atoms with Gasteiger partial charge in [-0.15, -0.1) is 0 Å². The van der Waals surface area contributed by atoms with Crippen molar-refractivity contribution in [3.05, 3.63) is 47.3 Å². The van der Waals surface area contributed by atoms with E-state index in [9.17, 15) is 4.79 Å². The van der Waals surface area contributed by atoms with Gasteiger partial charge in [0.1, 0.15) is 5.75 Å². The second kappa shape index (κ2) is 7.64. The average Bonchev–Trinajstić information content (AvgIpc) is 2.92. The monoisotopic (exact) mass is 301 g/mol. The zero-order chi connectivity index (χ0) is 15.9. The maximum Gasteiger partial charge on any atom is 0.220 e. The average molecular weight is 301 g/mol. The Balaban J connectivity index is 1.72. The van der Waals surface area contributed by atoms with Crippen LogP contribution in [-0.4, -0.2) is 29.3 Å². The van der Waals surface area contributed by atoms with Crippen LogP contribution in [0.2, 0.25) is 0 Å². The van der Waals surface area contributed by atoms with Gasteiger partial charge in [0, 0.05) is 26.2 Å². The van der Waals surface area contributed by atoms with Gasteiger partial charge in [0.15, 0.2) is 0 Å². The summed E-state index contributed by atoms with van der Waals surface area (Å²) in [5.74, 6) is 0.961. The molecule has 0 fully saturated rings. The molecular weight excluding hydrogens is 278 g/mol. The highest BCUT2D eigenvalue weighted by Crippen LogP contribution is 2.18. The van der Waals surface area contributed by atoms with E-state index in [2.05, 4.69) is 16.5 Å². The van der Waals surface area contributed by atoms with Crippen molar-refractivity contribution in [3.63, 3.8) is 0 Å². The van der Waals surface area contributed by atoms with E-state index >= 15 is 0 Å². The van der Waals surface area contributed by atoms with Crippen molar-refractivity contribution in [2.75, 3.05) is 13.7 Å². The lowest BCUT2D eigenvalue weighted by Crippen LogP contribution is -2.25. The van der Waals surface area contributed by atoms with Gasteiger partial charge in [0.2, 0.25) is 5.91 Å². The molecule has 0 aliphatic carbocycles. The Morgan fingerprint density at radius 1 is 1.32 bits per heavy atom. The van der Waals surface area contributed by atoms with E-state index in [1.807, 2.05) is 32.3 Å². The van der Waals surface area contributed by atoms with Gasteiger partial charge in [-0.1, -0.05) is 12.1 Å². The number of aryl methyl sites for hydroxylation is 3. The van der Waals surface area contributed by atoms with Gasteiger partial charge >= 0.3 is 0 Å². The maximum atomic E-state index is 11.8. The molecule has 0 spiro atoms. The second-order valence-electron chi connectivity index (χ2n) is 5.43. The summed E-state index contributed by atoms with van der Waals surface area (Å²) >= 11 is 0. The Morgan fingerprint density at radius 2 is 2.14 bits per heavy atom. The molecule has 1 aromatic carbocycles. The smallest absolute Gasteiger partial charge is 0.220 e. The Bertz CT molecular complexity index is 635. The second-order valence-corrected chi connectivity index (χ2v) is 5.43. The van der Waals surface area contributed by atoms with Crippen LogP contribution in [0.1, 0.15) is 23.1 Å². The fraction of sp³-hybridized carbons (Fsp3) is 0.412. The quantitative estimate of drug-likeness (QED) is 0.851. The fourth-order valence-electron chi connectivity index (χ4n) is 2.31. The molecule has 0 atom stereocenters. The number of hydrogen-bond donors (Lipinski definition) is 1. The number of aromatic nitrogens is 2. The number of carbonyl (C=O) groups is 1. The van der Waals surface area contributed by atoms with E-state index in [0.29, 0.717) is 13.0 Å². The molecule has 0 unspecified atom stereocenters. The van der Waals surface area contributed by atoms with Gasteiger partial charge < -0.3 is 10.1 Å². The highest BCUT2D eigenvalue weighted by atomic mass is 16.5. The van der Waals surface area contributed by atoms with Crippen LogP contribution in [0.4, 0.5) is 0 Å². The third kappa shape index (κ3) is 4.62. The Labute approximate surface area is 131 Å². The largest absolute Gasteiger partial charge is 0.496 e. The van der Waals surface area contributed by atoms with Crippen LogP contribution in [0.3, 0.4) is 0 Å². The summed E-state index contributed by atoms with van der Waals surface area (Å²) < 4.78 is 7.06. The zero-order valence-electron chi connectivity index (χ0n) is 13.4. The number of rotatable bonds is 7. The number of carbonyl (C=O) groups excluding carboxylic acids is 1. The minimum Gasteiger partial charge on any atom is -0.496 e. The fourth-order valence-corrected chi connectivity index (χ4v) is 2.31. The zero-order valence-corrected chi connectivity index (χ0v) is 13.4. The third-order valence-electron chi connectivity index (χ3n) is 3.61. The molecule has 2 rings (SSSR count). The van der Waals surface area contributed by atoms with Crippen molar-refractivity contribution in [2.24, 2.45) is 7.05 Å². The molecule has 0 saturated carbocycles. The van der Waals surface area contributed by atoms with Crippen molar-refractivity contribution in [1.82, 2.24) is 15.1 Å². The van der Waals surface area contributed by atoms with Gasteiger partial charge in [-0.25, -0.2) is 0 Å². The molecule has 0 aliphatic rings. The Morgan fingerprint density at radius 3 is 2.82 bits per heavy atom. The van der Waals surface area contributed by atoms with Crippen LogP contribution in [0, 0.1) is 6.92 Å². The summed E-state index contributed by atoms with van der Waals surface area (Å²) in [6, 6.07) is 6.13. The molecule has 22 heavy (non-hydrogen) atoms. The molecule has 0 bridgehead atoms. The van der Waals surface area contributed by atoms with Crippen LogP contribution in [0.5, 0.6) is 5.75 Å². The number of amides is 1. The van der Waals surface area contributed by atoms with E-state index in [1.165, 1.54) is 0 Å². The van der Waals surface area contributed by atoms with E-state index in [1.54, 1.807) is 18.0 Å². The third-order valence-corrected chi connectivity index (χ3v) is 3.61. The maximum absolute atomic E-state index is 11.8. The summed E-state index contributed by atoms with van der Waals surface area (Å²) in [5.41, 5.74) is 3.36. The van der Waals surface area contributed by atoms with Crippen molar-refractivity contribution < 1.29 is 9.53 Å². The SMILES string of the molecule is COc1cc(CCNC(=O)CCc2cnn(C)c2)ccc1C. The van der Waals surface area contributed by atoms with Crippen molar-refractivity contribution in [2.45, 2.75) is 26.2 Å². The minimum atomic E-state index is 0.0722. The van der Waals surface area contributed by atoms with Gasteiger partial charge in [-0.3, -0.25) is 9.48 Å². The number of methoxy groups -OCH3 is 1. The lowest BCUT2D eigenvalue weighted by molar-refractivity contribution is -0.121. The van der Waals surface area contributed by atoms with Crippen LogP contribution in [0.15, 0.2) is 30.6 Å². The summed E-state index contributed by atoms with van der Waals surface area (Å²) in [7, 11) is 3.55. The molecule has 1 amide bonds. The first-order valence-corrected chi connectivity index (χ1v) is 7.46. The molecule has 118 valence electrons. The first kappa shape index (κ1) is 16.1. The number of nitrogens with one attached hydrogen (secondary N) is 1. The van der Waals surface area contributed by atoms with Gasteiger partial charge in [-0.2, -0.15) is 5.10 Å². The predicted molar refractivity (Wildman–Crippen MR) is 86.0 cm³/mol. The van der Waals surface area contributed by atoms with Gasteiger partial charge in [0.05, 0.1) is 13.3 Å². The highest BCUT2D eigenvalue weighted by molar-refractivity contribution is 5.76. The first-order valence-electron chi connectivity index (χ1n) is 7.46. The number of hydrogen-bond acceptors (Lipinski definition) is 3. The molecule has 0 radical (unpaired) electrons. The van der Waals surface area contributed by atoms with Gasteiger partial charge in [-0.05, 0) is 42.5 Å². The van der Waals surface area contributed by atoms with Gasteiger partial charge in [0.25, 0.3) is 0 Å². The van der Waals surface area contributed by atoms with E-state index in [4.69, 9.17) is 4.74 Å². The van der Waals surface area contributed by atoms with Crippen LogP contribution < -0.4 is 10.1 Å². The van der Waals surface area contributed by atoms with E-state index in [-0.39, 0.29) is 5.91 Å². The standard InChI is InChI=1S/C17H23N3O2/c1-13-4-5-14(10-16(13)22-3)8-9-18-17(21)7-6-15-11-19-20(2)12-15/h4-5,10-12H,6-9H2,1-3H3,(H,18,21). The summed E-state index contributed by atoms with van der Waals surface area (Å²) in [4.78, 5) is 11.8. The number of benzene rings is 1. The molecule has 5 heteroatoms. The van der Waals surface area contributed by atoms with Crippen molar-refractivity contribution in [1.29, 1.82) is 0 Å². The van der Waals surface area contributed by atoms with Crippen molar-refractivity contribution in [3.8, 4) is 5.75 Å². The molecular formula is C17H23N3O2. The minimum absolute atomic E-state index is 0.0722. The number of ether oxygens (including phenoxy) is 1. The Kier molecular flexibility index (Phi) is 5.58. The highest BCUT2D eigenvalue weighted by Gasteiger charge is 2.04. The molecule has 5 nitrogen and oxygen atoms in total. The summed E-state index contributed by atoms with van der Waals surface area (Å²) in [5, 5.41) is 7.05. The first-order chi connectivity index (χ1) is 10.6. The van der Waals surface area contributed by atoms with E-state index < -0.39 is 0 Å². The molecule has 1 heterocycles. The number of nitrogens with zero attached hydrogens (tertiary/aromatic N) is 2. The van der Waals surface area contributed by atoms with Crippen LogP contribution in [0.25, 0.3) is 0 Å². The normalized spacial score (nSPS) is 10.5. The molecule has 1 aromatic heterocycles.